The van der Waals surface area contributed by atoms with Gasteiger partial charge in [0.1, 0.15) is 5.75 Å². The van der Waals surface area contributed by atoms with Gasteiger partial charge in [0.15, 0.2) is 0 Å². The fraction of sp³-hybridized carbons (Fsp3) is 0.300. The van der Waals surface area contributed by atoms with Gasteiger partial charge in [-0.05, 0) is 24.3 Å². The van der Waals surface area contributed by atoms with E-state index in [0.29, 0.717) is 11.3 Å². The molecule has 0 N–H and O–H groups in total. The summed E-state index contributed by atoms with van der Waals surface area (Å²) in [5.41, 5.74) is -0.917. The SMILES string of the molecule is COc1ccccc1C(=O)N1CCN(C(=O)c2ccccc2C(F)(F)F)CC1. The van der Waals surface area contributed by atoms with Gasteiger partial charge in [0.2, 0.25) is 0 Å². The molecule has 148 valence electrons. The van der Waals surface area contributed by atoms with Crippen molar-refractivity contribution in [3.05, 3.63) is 65.2 Å². The Labute approximate surface area is 160 Å². The van der Waals surface area contributed by atoms with Gasteiger partial charge in [-0.1, -0.05) is 24.3 Å². The van der Waals surface area contributed by atoms with Crippen molar-refractivity contribution >= 4 is 11.8 Å². The van der Waals surface area contributed by atoms with Crippen LogP contribution in [0.25, 0.3) is 0 Å². The smallest absolute Gasteiger partial charge is 0.417 e. The van der Waals surface area contributed by atoms with Gasteiger partial charge < -0.3 is 14.5 Å². The first-order chi connectivity index (χ1) is 13.3. The van der Waals surface area contributed by atoms with Crippen LogP contribution in [0.1, 0.15) is 26.3 Å². The molecular formula is C20H19F3N2O3. The lowest BCUT2D eigenvalue weighted by Crippen LogP contribution is -2.50. The minimum absolute atomic E-state index is 0.159. The van der Waals surface area contributed by atoms with Crippen molar-refractivity contribution in [1.82, 2.24) is 9.80 Å². The minimum Gasteiger partial charge on any atom is -0.496 e. The Hall–Kier alpha value is -3.03. The highest BCUT2D eigenvalue weighted by atomic mass is 19.4. The fourth-order valence-corrected chi connectivity index (χ4v) is 3.19. The quantitative estimate of drug-likeness (QED) is 0.805. The van der Waals surface area contributed by atoms with Gasteiger partial charge in [-0.3, -0.25) is 9.59 Å². The van der Waals surface area contributed by atoms with Gasteiger partial charge in [-0.15, -0.1) is 0 Å². The molecule has 0 saturated carbocycles. The van der Waals surface area contributed by atoms with Crippen molar-refractivity contribution in [1.29, 1.82) is 0 Å². The molecule has 1 aliphatic rings. The minimum atomic E-state index is -4.60. The second-order valence-electron chi connectivity index (χ2n) is 6.33. The standard InChI is InChI=1S/C20H19F3N2O3/c1-28-17-9-5-3-7-15(17)19(27)25-12-10-24(11-13-25)18(26)14-6-2-4-8-16(14)20(21,22)23/h2-9H,10-13H2,1H3. The maximum atomic E-state index is 13.2. The van der Waals surface area contributed by atoms with E-state index in [4.69, 9.17) is 4.74 Å². The van der Waals surface area contributed by atoms with Gasteiger partial charge in [-0.2, -0.15) is 13.2 Å². The van der Waals surface area contributed by atoms with Crippen LogP contribution in [-0.4, -0.2) is 54.9 Å². The van der Waals surface area contributed by atoms with E-state index in [1.54, 1.807) is 29.2 Å². The second-order valence-corrected chi connectivity index (χ2v) is 6.33. The number of methoxy groups -OCH3 is 1. The van der Waals surface area contributed by atoms with Crippen molar-refractivity contribution < 1.29 is 27.5 Å². The van der Waals surface area contributed by atoms with Crippen molar-refractivity contribution in [3.8, 4) is 5.75 Å². The van der Waals surface area contributed by atoms with Crippen LogP contribution in [0.2, 0.25) is 0 Å². The number of ether oxygens (including phenoxy) is 1. The molecular weight excluding hydrogens is 373 g/mol. The summed E-state index contributed by atoms with van der Waals surface area (Å²) < 4.78 is 44.7. The predicted molar refractivity (Wildman–Crippen MR) is 96.2 cm³/mol. The van der Waals surface area contributed by atoms with Crippen LogP contribution in [0.5, 0.6) is 5.75 Å². The molecule has 0 aliphatic carbocycles. The number of nitrogens with zero attached hydrogens (tertiary/aromatic N) is 2. The molecule has 1 heterocycles. The molecule has 0 spiro atoms. The number of carbonyl (C=O) groups excluding carboxylic acids is 2. The lowest BCUT2D eigenvalue weighted by Gasteiger charge is -2.35. The monoisotopic (exact) mass is 392 g/mol. The average molecular weight is 392 g/mol. The Morgan fingerprint density at radius 2 is 1.29 bits per heavy atom. The predicted octanol–water partition coefficient (Wildman–Crippen LogP) is 3.31. The Bertz CT molecular complexity index is 875. The van der Waals surface area contributed by atoms with Crippen molar-refractivity contribution in [2.75, 3.05) is 33.3 Å². The van der Waals surface area contributed by atoms with Crippen LogP contribution in [0.4, 0.5) is 13.2 Å². The van der Waals surface area contributed by atoms with Crippen molar-refractivity contribution in [2.45, 2.75) is 6.18 Å². The molecule has 5 nitrogen and oxygen atoms in total. The van der Waals surface area contributed by atoms with Crippen LogP contribution in [0, 0.1) is 0 Å². The van der Waals surface area contributed by atoms with Crippen LogP contribution >= 0.6 is 0 Å². The zero-order valence-corrected chi connectivity index (χ0v) is 15.2. The molecule has 3 rings (SSSR count). The number of hydrogen-bond acceptors (Lipinski definition) is 3. The van der Waals surface area contributed by atoms with Crippen LogP contribution in [-0.2, 0) is 6.18 Å². The fourth-order valence-electron chi connectivity index (χ4n) is 3.19. The Kier molecular flexibility index (Phi) is 5.58. The summed E-state index contributed by atoms with van der Waals surface area (Å²) in [4.78, 5) is 28.2. The maximum absolute atomic E-state index is 13.2. The Morgan fingerprint density at radius 1 is 0.821 bits per heavy atom. The first-order valence-corrected chi connectivity index (χ1v) is 8.70. The third-order valence-electron chi connectivity index (χ3n) is 4.65. The van der Waals surface area contributed by atoms with Crippen LogP contribution < -0.4 is 4.74 Å². The average Bonchev–Trinajstić information content (AvgIpc) is 2.72. The highest BCUT2D eigenvalue weighted by molar-refractivity contribution is 5.98. The molecule has 0 unspecified atom stereocenters. The van der Waals surface area contributed by atoms with Crippen LogP contribution in [0.15, 0.2) is 48.5 Å². The maximum Gasteiger partial charge on any atom is 0.417 e. The number of benzene rings is 2. The third kappa shape index (κ3) is 3.95. The highest BCUT2D eigenvalue weighted by Gasteiger charge is 2.36. The largest absolute Gasteiger partial charge is 0.496 e. The lowest BCUT2D eigenvalue weighted by atomic mass is 10.1. The number of rotatable bonds is 3. The Balaban J connectivity index is 1.71. The van der Waals surface area contributed by atoms with Gasteiger partial charge in [0, 0.05) is 26.2 Å². The summed E-state index contributed by atoms with van der Waals surface area (Å²) in [6.07, 6.45) is -4.60. The first-order valence-electron chi connectivity index (χ1n) is 8.70. The molecule has 0 bridgehead atoms. The Morgan fingerprint density at radius 3 is 1.82 bits per heavy atom. The molecule has 2 amide bonds. The van der Waals surface area contributed by atoms with Gasteiger partial charge in [-0.25, -0.2) is 0 Å². The van der Waals surface area contributed by atoms with E-state index in [-0.39, 0.29) is 37.6 Å². The number of halogens is 3. The number of amides is 2. The third-order valence-corrected chi connectivity index (χ3v) is 4.65. The molecule has 1 fully saturated rings. The summed E-state index contributed by atoms with van der Waals surface area (Å²) in [6.45, 7) is 0.783. The molecule has 1 aliphatic heterocycles. The molecule has 0 radical (unpaired) electrons. The number of hydrogen-bond donors (Lipinski definition) is 0. The second kappa shape index (κ2) is 7.92. The van der Waals surface area contributed by atoms with Gasteiger partial charge >= 0.3 is 6.18 Å². The van der Waals surface area contributed by atoms with E-state index in [0.717, 1.165) is 6.07 Å². The topological polar surface area (TPSA) is 49.9 Å². The zero-order chi connectivity index (χ0) is 20.3. The van der Waals surface area contributed by atoms with E-state index in [1.165, 1.54) is 30.2 Å². The van der Waals surface area contributed by atoms with E-state index in [2.05, 4.69) is 0 Å². The number of para-hydroxylation sites is 1. The number of alkyl halides is 3. The summed E-state index contributed by atoms with van der Waals surface area (Å²) in [6, 6.07) is 11.5. The van der Waals surface area contributed by atoms with Crippen LogP contribution in [0.3, 0.4) is 0 Å². The molecule has 1 saturated heterocycles. The van der Waals surface area contributed by atoms with E-state index in [9.17, 15) is 22.8 Å². The van der Waals surface area contributed by atoms with Gasteiger partial charge in [0.25, 0.3) is 11.8 Å². The zero-order valence-electron chi connectivity index (χ0n) is 15.2. The summed E-state index contributed by atoms with van der Waals surface area (Å²) in [7, 11) is 1.47. The summed E-state index contributed by atoms with van der Waals surface area (Å²) in [5.74, 6) is -0.470. The molecule has 28 heavy (non-hydrogen) atoms. The van der Waals surface area contributed by atoms with E-state index in [1.807, 2.05) is 0 Å². The summed E-state index contributed by atoms with van der Waals surface area (Å²) >= 11 is 0. The normalized spacial score (nSPS) is 14.7. The van der Waals surface area contributed by atoms with Crippen molar-refractivity contribution in [2.24, 2.45) is 0 Å². The molecule has 0 atom stereocenters. The van der Waals surface area contributed by atoms with E-state index < -0.39 is 17.6 Å². The highest BCUT2D eigenvalue weighted by Crippen LogP contribution is 2.32. The van der Waals surface area contributed by atoms with Crippen molar-refractivity contribution in [3.63, 3.8) is 0 Å². The summed E-state index contributed by atoms with van der Waals surface area (Å²) in [5, 5.41) is 0. The molecule has 2 aromatic rings. The molecule has 2 aromatic carbocycles. The lowest BCUT2D eigenvalue weighted by molar-refractivity contribution is -0.138. The first kappa shape index (κ1) is 19.7. The number of carbonyl (C=O) groups is 2. The molecule has 0 aromatic heterocycles. The molecule has 8 heteroatoms. The number of piperazine rings is 1. The van der Waals surface area contributed by atoms with E-state index >= 15 is 0 Å². The van der Waals surface area contributed by atoms with Gasteiger partial charge in [0.05, 0.1) is 23.8 Å².